The lowest BCUT2D eigenvalue weighted by Gasteiger charge is -2.33. The Hall–Kier alpha value is -2.24. The molecule has 6 heteroatoms. The molecule has 0 saturated heterocycles. The molecule has 1 amide bonds. The maximum Gasteiger partial charge on any atom is 0.305 e. The topological polar surface area (TPSA) is 84.9 Å². The first-order valence-corrected chi connectivity index (χ1v) is 6.76. The summed E-state index contributed by atoms with van der Waals surface area (Å²) in [6, 6.07) is 4.89. The third-order valence-corrected chi connectivity index (χ3v) is 3.83. The van der Waals surface area contributed by atoms with Crippen molar-refractivity contribution in [2.24, 2.45) is 5.92 Å². The van der Waals surface area contributed by atoms with Gasteiger partial charge in [0.1, 0.15) is 0 Å². The van der Waals surface area contributed by atoms with E-state index >= 15 is 0 Å². The Morgan fingerprint density at radius 3 is 2.62 bits per heavy atom. The minimum atomic E-state index is -0.947. The second kappa shape index (κ2) is 5.63. The normalized spacial score (nSPS) is 15.6. The SMILES string of the molecule is CC(C)C(C)(CC(=O)O)NC(=O)c1ccc2c(c1)OCO2. The summed E-state index contributed by atoms with van der Waals surface area (Å²) in [5.74, 6) is -0.176. The van der Waals surface area contributed by atoms with Crippen molar-refractivity contribution in [1.29, 1.82) is 0 Å². The van der Waals surface area contributed by atoms with E-state index < -0.39 is 11.5 Å². The maximum absolute atomic E-state index is 12.3. The minimum absolute atomic E-state index is 0.0217. The minimum Gasteiger partial charge on any atom is -0.481 e. The number of hydrogen-bond donors (Lipinski definition) is 2. The first-order chi connectivity index (χ1) is 9.82. The molecule has 21 heavy (non-hydrogen) atoms. The molecule has 0 spiro atoms. The molecule has 1 unspecified atom stereocenters. The Bertz CT molecular complexity index is 569. The highest BCUT2D eigenvalue weighted by atomic mass is 16.7. The van der Waals surface area contributed by atoms with Gasteiger partial charge in [-0.25, -0.2) is 0 Å². The number of aliphatic carboxylic acids is 1. The van der Waals surface area contributed by atoms with Crippen LogP contribution < -0.4 is 14.8 Å². The zero-order chi connectivity index (χ0) is 15.6. The Kier molecular flexibility index (Phi) is 4.06. The van der Waals surface area contributed by atoms with Crippen molar-refractivity contribution >= 4 is 11.9 Å². The predicted octanol–water partition coefficient (Wildman–Crippen LogP) is 2.03. The van der Waals surface area contributed by atoms with Crippen molar-refractivity contribution in [2.75, 3.05) is 6.79 Å². The number of rotatable bonds is 5. The lowest BCUT2D eigenvalue weighted by Crippen LogP contribution is -2.51. The molecule has 0 bridgehead atoms. The lowest BCUT2D eigenvalue weighted by molar-refractivity contribution is -0.138. The second-order valence-corrected chi connectivity index (χ2v) is 5.66. The quantitative estimate of drug-likeness (QED) is 0.867. The van der Waals surface area contributed by atoms with Crippen molar-refractivity contribution in [3.8, 4) is 11.5 Å². The fraction of sp³-hybridized carbons (Fsp3) is 0.467. The summed E-state index contributed by atoms with van der Waals surface area (Å²) in [5.41, 5.74) is -0.407. The number of carboxylic acid groups (broad SMARTS) is 1. The van der Waals surface area contributed by atoms with Gasteiger partial charge in [-0.05, 0) is 31.0 Å². The summed E-state index contributed by atoms with van der Waals surface area (Å²) in [5, 5.41) is 11.8. The Morgan fingerprint density at radius 2 is 2.00 bits per heavy atom. The third-order valence-electron chi connectivity index (χ3n) is 3.83. The summed E-state index contributed by atoms with van der Waals surface area (Å²) in [6.07, 6.45) is -0.138. The highest BCUT2D eigenvalue weighted by Gasteiger charge is 2.33. The fourth-order valence-corrected chi connectivity index (χ4v) is 2.08. The smallest absolute Gasteiger partial charge is 0.305 e. The van der Waals surface area contributed by atoms with Gasteiger partial charge in [0.15, 0.2) is 11.5 Å². The summed E-state index contributed by atoms with van der Waals surface area (Å²) >= 11 is 0. The number of carbonyl (C=O) groups excluding carboxylic acids is 1. The fourth-order valence-electron chi connectivity index (χ4n) is 2.08. The van der Waals surface area contributed by atoms with Gasteiger partial charge < -0.3 is 19.9 Å². The van der Waals surface area contributed by atoms with E-state index in [1.807, 2.05) is 13.8 Å². The van der Waals surface area contributed by atoms with Crippen LogP contribution in [-0.2, 0) is 4.79 Å². The van der Waals surface area contributed by atoms with Crippen LogP contribution in [0.2, 0.25) is 0 Å². The second-order valence-electron chi connectivity index (χ2n) is 5.66. The van der Waals surface area contributed by atoms with E-state index in [0.29, 0.717) is 17.1 Å². The molecule has 1 aliphatic rings. The molecule has 0 saturated carbocycles. The van der Waals surface area contributed by atoms with Crippen LogP contribution >= 0.6 is 0 Å². The molecular weight excluding hydrogens is 274 g/mol. The van der Waals surface area contributed by atoms with Crippen molar-refractivity contribution in [3.05, 3.63) is 23.8 Å². The van der Waals surface area contributed by atoms with Crippen molar-refractivity contribution in [1.82, 2.24) is 5.32 Å². The zero-order valence-electron chi connectivity index (χ0n) is 12.3. The van der Waals surface area contributed by atoms with Gasteiger partial charge in [0.2, 0.25) is 6.79 Å². The van der Waals surface area contributed by atoms with Crippen LogP contribution in [0.15, 0.2) is 18.2 Å². The monoisotopic (exact) mass is 293 g/mol. The molecule has 0 aliphatic carbocycles. The lowest BCUT2D eigenvalue weighted by atomic mass is 9.85. The van der Waals surface area contributed by atoms with Crippen molar-refractivity contribution in [2.45, 2.75) is 32.7 Å². The highest BCUT2D eigenvalue weighted by molar-refractivity contribution is 5.95. The number of ether oxygens (including phenoxy) is 2. The van der Waals surface area contributed by atoms with Gasteiger partial charge in [-0.3, -0.25) is 9.59 Å². The number of benzene rings is 1. The molecule has 1 aliphatic heterocycles. The highest BCUT2D eigenvalue weighted by Crippen LogP contribution is 2.32. The van der Waals surface area contributed by atoms with E-state index in [-0.39, 0.29) is 25.0 Å². The van der Waals surface area contributed by atoms with E-state index in [0.717, 1.165) is 0 Å². The average molecular weight is 293 g/mol. The van der Waals surface area contributed by atoms with Crippen LogP contribution in [0, 0.1) is 5.92 Å². The van der Waals surface area contributed by atoms with Crippen LogP contribution in [0.4, 0.5) is 0 Å². The predicted molar refractivity (Wildman–Crippen MR) is 75.5 cm³/mol. The van der Waals surface area contributed by atoms with E-state index in [1.54, 1.807) is 25.1 Å². The van der Waals surface area contributed by atoms with E-state index in [4.69, 9.17) is 14.6 Å². The first kappa shape index (κ1) is 15.2. The maximum atomic E-state index is 12.3. The number of carbonyl (C=O) groups is 2. The molecular formula is C15H19NO5. The van der Waals surface area contributed by atoms with Gasteiger partial charge in [-0.2, -0.15) is 0 Å². The van der Waals surface area contributed by atoms with E-state index in [9.17, 15) is 9.59 Å². The van der Waals surface area contributed by atoms with Crippen LogP contribution in [0.5, 0.6) is 11.5 Å². The molecule has 1 heterocycles. The van der Waals surface area contributed by atoms with Gasteiger partial charge in [0.05, 0.1) is 12.0 Å². The number of carboxylic acids is 1. The van der Waals surface area contributed by atoms with E-state index in [2.05, 4.69) is 5.32 Å². The zero-order valence-corrected chi connectivity index (χ0v) is 12.3. The first-order valence-electron chi connectivity index (χ1n) is 6.76. The number of amides is 1. The standard InChI is InChI=1S/C15H19NO5/c1-9(2)15(3,7-13(17)18)16-14(19)10-4-5-11-12(6-10)21-8-20-11/h4-6,9H,7-8H2,1-3H3,(H,16,19)(H,17,18). The van der Waals surface area contributed by atoms with Crippen molar-refractivity contribution in [3.63, 3.8) is 0 Å². The van der Waals surface area contributed by atoms with Crippen LogP contribution in [0.1, 0.15) is 37.6 Å². The molecule has 2 N–H and O–H groups in total. The number of fused-ring (bicyclic) bond motifs is 1. The summed E-state index contributed by atoms with van der Waals surface area (Å²) in [4.78, 5) is 23.3. The molecule has 0 radical (unpaired) electrons. The largest absolute Gasteiger partial charge is 0.481 e. The molecule has 0 aromatic heterocycles. The number of nitrogens with one attached hydrogen (secondary N) is 1. The molecule has 1 atom stereocenters. The van der Waals surface area contributed by atoms with Gasteiger partial charge in [0.25, 0.3) is 5.91 Å². The van der Waals surface area contributed by atoms with Gasteiger partial charge in [-0.1, -0.05) is 13.8 Å². The molecule has 6 nitrogen and oxygen atoms in total. The van der Waals surface area contributed by atoms with Crippen LogP contribution in [0.3, 0.4) is 0 Å². The number of hydrogen-bond acceptors (Lipinski definition) is 4. The molecule has 1 aromatic carbocycles. The van der Waals surface area contributed by atoms with Gasteiger partial charge in [-0.15, -0.1) is 0 Å². The Labute approximate surface area is 123 Å². The summed E-state index contributed by atoms with van der Waals surface area (Å²) in [6.45, 7) is 5.63. The summed E-state index contributed by atoms with van der Waals surface area (Å²) < 4.78 is 10.4. The van der Waals surface area contributed by atoms with Crippen LogP contribution in [-0.4, -0.2) is 29.3 Å². The molecule has 1 aromatic rings. The third kappa shape index (κ3) is 3.26. The van der Waals surface area contributed by atoms with Gasteiger partial charge >= 0.3 is 5.97 Å². The van der Waals surface area contributed by atoms with Gasteiger partial charge in [0, 0.05) is 5.56 Å². The molecule has 114 valence electrons. The van der Waals surface area contributed by atoms with Crippen LogP contribution in [0.25, 0.3) is 0 Å². The average Bonchev–Trinajstić information content (AvgIpc) is 2.84. The summed E-state index contributed by atoms with van der Waals surface area (Å²) in [7, 11) is 0. The Morgan fingerprint density at radius 1 is 1.33 bits per heavy atom. The Balaban J connectivity index is 2.17. The molecule has 0 fully saturated rings. The molecule has 2 rings (SSSR count). The van der Waals surface area contributed by atoms with Crippen molar-refractivity contribution < 1.29 is 24.2 Å². The van der Waals surface area contributed by atoms with E-state index in [1.165, 1.54) is 0 Å².